The van der Waals surface area contributed by atoms with Crippen LogP contribution < -0.4 is 9.62 Å². The van der Waals surface area contributed by atoms with Crippen LogP contribution in [-0.2, 0) is 14.8 Å². The molecule has 2 heterocycles. The van der Waals surface area contributed by atoms with Crippen LogP contribution in [0.15, 0.2) is 42.6 Å². The fraction of sp³-hybridized carbons (Fsp3) is 0.522. The Morgan fingerprint density at radius 2 is 1.91 bits per heavy atom. The number of halogens is 1. The van der Waals surface area contributed by atoms with Crippen LogP contribution in [0, 0.1) is 5.82 Å². The van der Waals surface area contributed by atoms with E-state index in [-0.39, 0.29) is 30.3 Å². The first kappa shape index (κ1) is 22.9. The zero-order valence-corrected chi connectivity index (χ0v) is 19.0. The fourth-order valence-corrected chi connectivity index (χ4v) is 5.76. The molecule has 2 N–H and O–H groups in total. The van der Waals surface area contributed by atoms with Crippen molar-refractivity contribution < 1.29 is 22.7 Å². The van der Waals surface area contributed by atoms with Gasteiger partial charge in [0.2, 0.25) is 15.9 Å². The highest BCUT2D eigenvalue weighted by molar-refractivity contribution is 7.88. The van der Waals surface area contributed by atoms with Crippen LogP contribution >= 0.6 is 0 Å². The molecule has 2 fully saturated rings. The Bertz CT molecular complexity index is 1010. The molecule has 9 heteroatoms. The van der Waals surface area contributed by atoms with Crippen molar-refractivity contribution in [2.45, 2.75) is 56.2 Å². The second-order valence-corrected chi connectivity index (χ2v) is 10.5. The average Bonchev–Trinajstić information content (AvgIpc) is 3.15. The van der Waals surface area contributed by atoms with Crippen molar-refractivity contribution in [2.75, 3.05) is 24.3 Å². The van der Waals surface area contributed by atoms with Gasteiger partial charge in [-0.05, 0) is 43.6 Å². The molecule has 1 aromatic carbocycles. The third kappa shape index (κ3) is 5.57. The van der Waals surface area contributed by atoms with Crippen LogP contribution in [0.4, 0.5) is 10.1 Å². The Hall–Kier alpha value is -2.23. The highest BCUT2D eigenvalue weighted by Gasteiger charge is 2.38. The number of benzene rings is 1. The van der Waals surface area contributed by atoms with E-state index in [1.165, 1.54) is 11.6 Å². The molecule has 32 heavy (non-hydrogen) atoms. The quantitative estimate of drug-likeness (QED) is 0.655. The molecule has 2 aromatic rings. The van der Waals surface area contributed by atoms with Crippen LogP contribution in [0.25, 0.3) is 0 Å². The van der Waals surface area contributed by atoms with Crippen molar-refractivity contribution in [2.24, 2.45) is 0 Å². The molecule has 7 nitrogen and oxygen atoms in total. The second-order valence-electron chi connectivity index (χ2n) is 8.76. The maximum Gasteiger partial charge on any atom is 0.212 e. The third-order valence-corrected chi connectivity index (χ3v) is 7.22. The third-order valence-electron chi connectivity index (χ3n) is 6.49. The minimum absolute atomic E-state index is 0.0898. The SMILES string of the molecule is CS(=O)(=O)N[C@H]1CCN(c2cc(O)ncc2F)[C@H]1CO[C@H]1CC[C@@H](c2ccccc2)CC1. The number of anilines is 1. The smallest absolute Gasteiger partial charge is 0.212 e. The van der Waals surface area contributed by atoms with E-state index in [0.717, 1.165) is 38.1 Å². The highest BCUT2D eigenvalue weighted by Crippen LogP contribution is 2.35. The van der Waals surface area contributed by atoms with Gasteiger partial charge in [0, 0.05) is 18.7 Å². The summed E-state index contributed by atoms with van der Waals surface area (Å²) in [6.07, 6.45) is 6.66. The number of aromatic hydroxyl groups is 1. The maximum atomic E-state index is 14.5. The van der Waals surface area contributed by atoms with Crippen LogP contribution in [0.3, 0.4) is 0 Å². The molecule has 0 amide bonds. The molecule has 1 saturated heterocycles. The number of nitrogens with one attached hydrogen (secondary N) is 1. The lowest BCUT2D eigenvalue weighted by Crippen LogP contribution is -2.48. The summed E-state index contributed by atoms with van der Waals surface area (Å²) < 4.78 is 47.1. The van der Waals surface area contributed by atoms with Gasteiger partial charge in [0.25, 0.3) is 0 Å². The van der Waals surface area contributed by atoms with Gasteiger partial charge in [0.05, 0.1) is 36.9 Å². The predicted octanol–water partition coefficient (Wildman–Crippen LogP) is 3.17. The monoisotopic (exact) mass is 463 g/mol. The normalized spacial score (nSPS) is 26.4. The second kappa shape index (κ2) is 9.72. The predicted molar refractivity (Wildman–Crippen MR) is 121 cm³/mol. The first-order chi connectivity index (χ1) is 15.3. The zero-order valence-electron chi connectivity index (χ0n) is 18.2. The van der Waals surface area contributed by atoms with Crippen molar-refractivity contribution in [3.63, 3.8) is 0 Å². The Morgan fingerprint density at radius 1 is 1.19 bits per heavy atom. The largest absolute Gasteiger partial charge is 0.493 e. The molecule has 1 aliphatic heterocycles. The Kier molecular flexibility index (Phi) is 6.97. The van der Waals surface area contributed by atoms with Crippen LogP contribution in [0.5, 0.6) is 5.88 Å². The van der Waals surface area contributed by atoms with Gasteiger partial charge in [0.15, 0.2) is 5.82 Å². The highest BCUT2D eigenvalue weighted by atomic mass is 32.2. The van der Waals surface area contributed by atoms with E-state index in [2.05, 4.69) is 34.0 Å². The van der Waals surface area contributed by atoms with Gasteiger partial charge >= 0.3 is 0 Å². The standard InChI is InChI=1S/C23H30FN3O4S/c1-32(29,30)26-20-11-12-27(21-13-23(28)25-14-19(21)24)22(20)15-31-18-9-7-17(8-10-18)16-5-3-2-4-6-16/h2-6,13-14,17-18,20,22,26H,7-12,15H2,1H3,(H,25,28)/t17-,18+,20-,22-/m0/s1. The number of ether oxygens (including phenoxy) is 1. The van der Waals surface area contributed by atoms with E-state index in [1.54, 1.807) is 4.90 Å². The molecule has 0 spiro atoms. The molecule has 0 bridgehead atoms. The molecule has 0 unspecified atom stereocenters. The van der Waals surface area contributed by atoms with E-state index in [9.17, 15) is 17.9 Å². The number of aromatic nitrogens is 1. The Morgan fingerprint density at radius 3 is 2.59 bits per heavy atom. The molecule has 1 saturated carbocycles. The van der Waals surface area contributed by atoms with E-state index < -0.39 is 21.9 Å². The van der Waals surface area contributed by atoms with Gasteiger partial charge < -0.3 is 14.7 Å². The van der Waals surface area contributed by atoms with Crippen LogP contribution in [0.1, 0.15) is 43.6 Å². The topological polar surface area (TPSA) is 91.8 Å². The first-order valence-electron chi connectivity index (χ1n) is 11.0. The summed E-state index contributed by atoms with van der Waals surface area (Å²) in [4.78, 5) is 5.35. The van der Waals surface area contributed by atoms with Gasteiger partial charge in [-0.1, -0.05) is 30.3 Å². The molecular formula is C23H30FN3O4S. The van der Waals surface area contributed by atoms with Crippen molar-refractivity contribution in [1.29, 1.82) is 0 Å². The molecule has 1 aromatic heterocycles. The minimum atomic E-state index is -3.43. The van der Waals surface area contributed by atoms with E-state index >= 15 is 0 Å². The summed E-state index contributed by atoms with van der Waals surface area (Å²) in [6.45, 7) is 0.721. The van der Waals surface area contributed by atoms with Gasteiger partial charge in [-0.15, -0.1) is 0 Å². The van der Waals surface area contributed by atoms with E-state index in [4.69, 9.17) is 4.74 Å². The lowest BCUT2D eigenvalue weighted by atomic mass is 9.83. The molecule has 4 rings (SSSR count). The summed E-state index contributed by atoms with van der Waals surface area (Å²) in [6, 6.07) is 11.0. The van der Waals surface area contributed by atoms with Gasteiger partial charge in [-0.2, -0.15) is 0 Å². The fourth-order valence-electron chi connectivity index (χ4n) is 4.93. The van der Waals surface area contributed by atoms with Crippen molar-refractivity contribution in [3.05, 3.63) is 54.0 Å². The van der Waals surface area contributed by atoms with Gasteiger partial charge in [0.1, 0.15) is 0 Å². The molecule has 2 aliphatic rings. The van der Waals surface area contributed by atoms with Crippen LogP contribution in [-0.4, -0.2) is 56.1 Å². The number of pyridine rings is 1. The van der Waals surface area contributed by atoms with Crippen LogP contribution in [0.2, 0.25) is 0 Å². The zero-order chi connectivity index (χ0) is 22.7. The summed E-state index contributed by atoms with van der Waals surface area (Å²) in [5.74, 6) is -0.302. The summed E-state index contributed by atoms with van der Waals surface area (Å²) >= 11 is 0. The van der Waals surface area contributed by atoms with Gasteiger partial charge in [-0.25, -0.2) is 22.5 Å². The Balaban J connectivity index is 1.42. The summed E-state index contributed by atoms with van der Waals surface area (Å²) in [5, 5.41) is 9.74. The van der Waals surface area contributed by atoms with Gasteiger partial charge in [-0.3, -0.25) is 0 Å². The number of hydrogen-bond acceptors (Lipinski definition) is 6. The van der Waals surface area contributed by atoms with E-state index in [0.29, 0.717) is 18.9 Å². The molecule has 2 atom stereocenters. The number of nitrogens with zero attached hydrogens (tertiary/aromatic N) is 2. The minimum Gasteiger partial charge on any atom is -0.493 e. The molecule has 1 aliphatic carbocycles. The molecule has 174 valence electrons. The number of hydrogen-bond donors (Lipinski definition) is 2. The number of rotatable bonds is 7. The summed E-state index contributed by atoms with van der Waals surface area (Å²) in [7, 11) is -3.43. The van der Waals surface area contributed by atoms with Crippen molar-refractivity contribution >= 4 is 15.7 Å². The Labute approximate surface area is 188 Å². The average molecular weight is 464 g/mol. The van der Waals surface area contributed by atoms with Crippen molar-refractivity contribution in [3.8, 4) is 5.88 Å². The lowest BCUT2D eigenvalue weighted by molar-refractivity contribution is 0.0156. The lowest BCUT2D eigenvalue weighted by Gasteiger charge is -2.33. The van der Waals surface area contributed by atoms with Crippen molar-refractivity contribution in [1.82, 2.24) is 9.71 Å². The summed E-state index contributed by atoms with van der Waals surface area (Å²) in [5.41, 5.74) is 1.56. The number of sulfonamides is 1. The first-order valence-corrected chi connectivity index (χ1v) is 12.9. The molecular weight excluding hydrogens is 433 g/mol. The maximum absolute atomic E-state index is 14.5. The molecule has 0 radical (unpaired) electrons. The van der Waals surface area contributed by atoms with E-state index in [1.807, 2.05) is 6.07 Å².